The molecule has 0 amide bonds. The molecule has 0 heterocycles. The topological polar surface area (TPSA) is 155 Å². The smallest absolute Gasteiger partial charge is 0.462 e. The Morgan fingerprint density at radius 3 is 1.19 bits per heavy atom. The quantitative estimate of drug-likeness (QED) is 0.0197. The monoisotopic (exact) mass is 1050 g/mol. The van der Waals surface area contributed by atoms with E-state index in [1.54, 1.807) is 0 Å². The van der Waals surface area contributed by atoms with Gasteiger partial charge in [-0.2, -0.15) is 0 Å². The predicted molar refractivity (Wildman–Crippen MR) is 306 cm³/mol. The summed E-state index contributed by atoms with van der Waals surface area (Å²) in [6.45, 7) is 4.26. The van der Waals surface area contributed by atoms with Crippen molar-refractivity contribution in [3.05, 3.63) is 122 Å². The zero-order valence-electron chi connectivity index (χ0n) is 46.3. The fourth-order valence-corrected chi connectivity index (χ4v) is 7.88. The summed E-state index contributed by atoms with van der Waals surface area (Å²) < 4.78 is 39.4. The predicted octanol–water partition coefficient (Wildman–Crippen LogP) is 16.8. The Kier molecular flexibility index (Phi) is 52.1. The molecule has 0 aromatic rings. The summed E-state index contributed by atoms with van der Waals surface area (Å²) in [5.41, 5.74) is 0. The Bertz CT molecular complexity index is 1700. The maximum absolute atomic E-state index is 12.9. The van der Waals surface area contributed by atoms with Crippen LogP contribution in [0.2, 0.25) is 0 Å². The van der Waals surface area contributed by atoms with Crippen molar-refractivity contribution in [3.8, 4) is 0 Å². The minimum Gasteiger partial charge on any atom is -0.462 e. The van der Waals surface area contributed by atoms with Crippen LogP contribution in [0.15, 0.2) is 122 Å². The van der Waals surface area contributed by atoms with Crippen LogP contribution in [0.1, 0.15) is 213 Å². The Balaban J connectivity index is 4.88. The van der Waals surface area contributed by atoms with Gasteiger partial charge in [-0.1, -0.05) is 200 Å². The zero-order chi connectivity index (χ0) is 54.1. The van der Waals surface area contributed by atoms with Crippen molar-refractivity contribution >= 4 is 25.7 Å². The fourth-order valence-electron chi connectivity index (χ4n) is 7.10. The Labute approximate surface area is 449 Å². The molecule has 0 aliphatic heterocycles. The first-order valence-corrected chi connectivity index (χ1v) is 29.9. The Morgan fingerprint density at radius 2 is 0.730 bits per heavy atom. The van der Waals surface area contributed by atoms with Crippen molar-refractivity contribution in [1.29, 1.82) is 0 Å². The minimum atomic E-state index is -4.78. The zero-order valence-corrected chi connectivity index (χ0v) is 47.2. The molecule has 3 atom stereocenters. The molecule has 74 heavy (non-hydrogen) atoms. The molecular weight excluding hydrogens is 952 g/mol. The number of phosphoric acid groups is 1. The average Bonchev–Trinajstić information content (AvgIpc) is 3.39. The lowest BCUT2D eigenvalue weighted by Crippen LogP contribution is -2.30. The highest BCUT2D eigenvalue weighted by Gasteiger charge is 2.28. The van der Waals surface area contributed by atoms with Crippen molar-refractivity contribution < 1.29 is 52.2 Å². The third kappa shape index (κ3) is 52.7. The summed E-state index contributed by atoms with van der Waals surface area (Å²) in [5.74, 6) is -1.61. The van der Waals surface area contributed by atoms with Crippen LogP contribution >= 0.6 is 7.82 Å². The third-order valence-corrected chi connectivity index (χ3v) is 12.3. The second kappa shape index (κ2) is 55.1. The van der Waals surface area contributed by atoms with Crippen molar-refractivity contribution in [2.75, 3.05) is 26.4 Å². The van der Waals surface area contributed by atoms with Crippen LogP contribution in [0.25, 0.3) is 0 Å². The number of carbonyl (C=O) groups is 3. The van der Waals surface area contributed by atoms with Crippen molar-refractivity contribution in [1.82, 2.24) is 0 Å². The molecule has 3 unspecified atom stereocenters. The van der Waals surface area contributed by atoms with Gasteiger partial charge < -0.3 is 24.2 Å². The molecule has 0 aliphatic rings. The van der Waals surface area contributed by atoms with Crippen LogP contribution in [0.3, 0.4) is 0 Å². The SMILES string of the molecule is CC/C=C\C/C=C\C/C=C\C/C=C\C/C=C\CCCCCC(=O)OC(COC(=O)CCCCCCC/C=C\CCCCCCCC)COP(=O)(O)OCC(CO)OC(=O)CC/C=C\C/C=C\C/C=C\C/C=C\CC. The summed E-state index contributed by atoms with van der Waals surface area (Å²) in [4.78, 5) is 48.5. The van der Waals surface area contributed by atoms with Gasteiger partial charge >= 0.3 is 25.7 Å². The number of allylic oxidation sites excluding steroid dienone is 20. The lowest BCUT2D eigenvalue weighted by atomic mass is 10.1. The van der Waals surface area contributed by atoms with Crippen LogP contribution in [-0.2, 0) is 42.2 Å². The van der Waals surface area contributed by atoms with E-state index in [4.69, 9.17) is 23.3 Å². The summed E-state index contributed by atoms with van der Waals surface area (Å²) in [6.07, 6.45) is 67.5. The molecule has 0 fully saturated rings. The highest BCUT2D eigenvalue weighted by molar-refractivity contribution is 7.47. The molecule has 0 saturated carbocycles. The summed E-state index contributed by atoms with van der Waals surface area (Å²) >= 11 is 0. The standard InChI is InChI=1S/C62H101O11P/c1-4-7-10-13-16-19-22-25-27-28-29-30-32-35-38-41-44-47-50-53-62(66)73-59(55-69-60(64)51-48-45-42-39-36-34-31-26-23-20-17-14-11-8-5-2)57-71-74(67,68)70-56-58(54-63)72-61(65)52-49-46-43-40-37-33-24-21-18-15-12-9-6-3/h7,9-10,12,16,18-19,21,25-27,29-31,33,35,37-38,43,46,58-59,63H,4-6,8,11,13-15,17,20,22-24,28,32,34,36,39-42,44-45,47-57H2,1-3H3,(H,67,68)/b10-7-,12-9-,19-16-,21-18-,27-25-,30-29-,31-26-,37-33-,38-35-,46-43-. The van der Waals surface area contributed by atoms with Crippen molar-refractivity contribution in [3.63, 3.8) is 0 Å². The van der Waals surface area contributed by atoms with E-state index >= 15 is 0 Å². The molecule has 0 spiro atoms. The number of hydrogen-bond donors (Lipinski definition) is 2. The number of phosphoric ester groups is 1. The molecule has 0 aromatic carbocycles. The first kappa shape index (κ1) is 69.9. The van der Waals surface area contributed by atoms with E-state index in [2.05, 4.69) is 124 Å². The van der Waals surface area contributed by atoms with Crippen LogP contribution < -0.4 is 0 Å². The highest BCUT2D eigenvalue weighted by atomic mass is 31.2. The van der Waals surface area contributed by atoms with Crippen molar-refractivity contribution in [2.45, 2.75) is 226 Å². The van der Waals surface area contributed by atoms with Gasteiger partial charge in [0.15, 0.2) is 6.10 Å². The molecule has 0 bridgehead atoms. The molecule has 0 radical (unpaired) electrons. The largest absolute Gasteiger partial charge is 0.472 e. The number of esters is 3. The van der Waals surface area contributed by atoms with Gasteiger partial charge in [0.1, 0.15) is 12.7 Å². The van der Waals surface area contributed by atoms with E-state index in [-0.39, 0.29) is 25.9 Å². The summed E-state index contributed by atoms with van der Waals surface area (Å²) in [6, 6.07) is 0. The van der Waals surface area contributed by atoms with Gasteiger partial charge in [0.05, 0.1) is 19.8 Å². The van der Waals surface area contributed by atoms with Crippen LogP contribution in [0, 0.1) is 0 Å². The Hall–Kier alpha value is -4.12. The van der Waals surface area contributed by atoms with E-state index < -0.39 is 57.8 Å². The lowest BCUT2D eigenvalue weighted by molar-refractivity contribution is -0.161. The van der Waals surface area contributed by atoms with Gasteiger partial charge in [0.2, 0.25) is 0 Å². The summed E-state index contributed by atoms with van der Waals surface area (Å²) in [5, 5.41) is 9.79. The summed E-state index contributed by atoms with van der Waals surface area (Å²) in [7, 11) is -4.78. The van der Waals surface area contributed by atoms with Crippen molar-refractivity contribution in [2.24, 2.45) is 0 Å². The van der Waals surface area contributed by atoms with Crippen LogP contribution in [0.5, 0.6) is 0 Å². The number of aliphatic hydroxyl groups is 1. The molecule has 0 aromatic heterocycles. The Morgan fingerprint density at radius 1 is 0.392 bits per heavy atom. The maximum atomic E-state index is 12.9. The second-order valence-corrected chi connectivity index (χ2v) is 19.8. The molecular formula is C62H101O11P. The fraction of sp³-hybridized carbons (Fsp3) is 0.629. The molecule has 2 N–H and O–H groups in total. The molecule has 11 nitrogen and oxygen atoms in total. The third-order valence-electron chi connectivity index (χ3n) is 11.4. The van der Waals surface area contributed by atoms with Gasteiger partial charge in [0, 0.05) is 19.3 Å². The second-order valence-electron chi connectivity index (χ2n) is 18.3. The minimum absolute atomic E-state index is 0.0470. The molecule has 12 heteroatoms. The molecule has 0 rings (SSSR count). The van der Waals surface area contributed by atoms with Gasteiger partial charge in [-0.25, -0.2) is 4.57 Å². The van der Waals surface area contributed by atoms with E-state index in [1.165, 1.54) is 38.5 Å². The van der Waals surface area contributed by atoms with E-state index in [9.17, 15) is 28.9 Å². The van der Waals surface area contributed by atoms with Crippen LogP contribution in [0.4, 0.5) is 0 Å². The number of ether oxygens (including phenoxy) is 3. The molecule has 0 aliphatic carbocycles. The molecule has 0 saturated heterocycles. The first-order valence-electron chi connectivity index (χ1n) is 28.4. The van der Waals surface area contributed by atoms with Gasteiger partial charge in [-0.05, 0) is 116 Å². The van der Waals surface area contributed by atoms with Gasteiger partial charge in [0.25, 0.3) is 0 Å². The van der Waals surface area contributed by atoms with Gasteiger partial charge in [-0.3, -0.25) is 23.4 Å². The van der Waals surface area contributed by atoms with E-state index in [1.807, 2.05) is 18.2 Å². The number of rotatable bonds is 51. The number of unbranched alkanes of at least 4 members (excludes halogenated alkanes) is 14. The van der Waals surface area contributed by atoms with Gasteiger partial charge in [-0.15, -0.1) is 0 Å². The molecule has 420 valence electrons. The van der Waals surface area contributed by atoms with E-state index in [0.29, 0.717) is 19.3 Å². The maximum Gasteiger partial charge on any atom is 0.472 e. The number of carbonyl (C=O) groups excluding carboxylic acids is 3. The normalized spacial score (nSPS) is 14.3. The highest BCUT2D eigenvalue weighted by Crippen LogP contribution is 2.43. The first-order chi connectivity index (χ1) is 36.2. The van der Waals surface area contributed by atoms with E-state index in [0.717, 1.165) is 116 Å². The average molecular weight is 1050 g/mol. The number of hydrogen-bond acceptors (Lipinski definition) is 10. The number of aliphatic hydroxyl groups excluding tert-OH is 1. The van der Waals surface area contributed by atoms with Crippen LogP contribution in [-0.4, -0.2) is 66.5 Å². The lowest BCUT2D eigenvalue weighted by Gasteiger charge is -2.21.